The Labute approximate surface area is 149 Å². The van der Waals surface area contributed by atoms with Crippen molar-refractivity contribution >= 4 is 11.8 Å². The lowest BCUT2D eigenvalue weighted by Crippen LogP contribution is -2.55. The zero-order chi connectivity index (χ0) is 17.8. The fourth-order valence-electron chi connectivity index (χ4n) is 4.28. The normalized spacial score (nSPS) is 28.6. The molecule has 1 saturated carbocycles. The topological polar surface area (TPSA) is 67.4 Å². The first-order valence-electron chi connectivity index (χ1n) is 9.33. The number of fused-ring (bicyclic) bond motifs is 1. The Bertz CT molecular complexity index is 631. The van der Waals surface area contributed by atoms with Gasteiger partial charge in [-0.3, -0.25) is 9.59 Å². The molecule has 25 heavy (non-hydrogen) atoms. The monoisotopic (exact) mass is 344 g/mol. The molecule has 1 aliphatic carbocycles. The van der Waals surface area contributed by atoms with Gasteiger partial charge in [0.05, 0.1) is 0 Å². The van der Waals surface area contributed by atoms with Crippen LogP contribution < -0.4 is 15.4 Å². The van der Waals surface area contributed by atoms with E-state index in [1.165, 1.54) is 0 Å². The van der Waals surface area contributed by atoms with Crippen LogP contribution in [-0.2, 0) is 9.59 Å². The summed E-state index contributed by atoms with van der Waals surface area (Å²) in [7, 11) is 0. The molecule has 2 aliphatic rings. The molecular weight excluding hydrogens is 316 g/mol. The van der Waals surface area contributed by atoms with Crippen molar-refractivity contribution in [2.75, 3.05) is 6.61 Å². The minimum absolute atomic E-state index is 0.0258. The van der Waals surface area contributed by atoms with Gasteiger partial charge in [-0.1, -0.05) is 25.5 Å². The highest BCUT2D eigenvalue weighted by atomic mass is 16.5. The van der Waals surface area contributed by atoms with E-state index in [0.717, 1.165) is 31.2 Å². The van der Waals surface area contributed by atoms with Crippen LogP contribution in [0.25, 0.3) is 0 Å². The van der Waals surface area contributed by atoms with Gasteiger partial charge in [-0.2, -0.15) is 0 Å². The van der Waals surface area contributed by atoms with Crippen molar-refractivity contribution in [1.29, 1.82) is 0 Å². The molecule has 3 rings (SSSR count). The molecule has 1 heterocycles. The van der Waals surface area contributed by atoms with Gasteiger partial charge < -0.3 is 15.4 Å². The molecule has 0 bridgehead atoms. The average molecular weight is 344 g/mol. The maximum Gasteiger partial charge on any atom is 0.258 e. The van der Waals surface area contributed by atoms with Crippen molar-refractivity contribution in [3.8, 4) is 5.75 Å². The molecule has 5 heteroatoms. The number of rotatable bonds is 5. The molecule has 1 aliphatic heterocycles. The Hall–Kier alpha value is -2.04. The number of hydrogen-bond acceptors (Lipinski definition) is 3. The lowest BCUT2D eigenvalue weighted by molar-refractivity contribution is -0.127. The molecule has 0 aromatic heterocycles. The number of ether oxygens (including phenoxy) is 1. The number of nitrogens with one attached hydrogen (secondary N) is 2. The maximum absolute atomic E-state index is 12.2. The van der Waals surface area contributed by atoms with Crippen molar-refractivity contribution in [2.24, 2.45) is 11.8 Å². The largest absolute Gasteiger partial charge is 0.484 e. The second-order valence-corrected chi connectivity index (χ2v) is 7.39. The zero-order valence-corrected chi connectivity index (χ0v) is 15.1. The summed E-state index contributed by atoms with van der Waals surface area (Å²) in [6.45, 7) is 4.18. The van der Waals surface area contributed by atoms with E-state index >= 15 is 0 Å². The predicted octanol–water partition coefficient (Wildman–Crippen LogP) is 2.57. The van der Waals surface area contributed by atoms with E-state index in [1.807, 2.05) is 31.2 Å². The molecule has 2 fully saturated rings. The van der Waals surface area contributed by atoms with Gasteiger partial charge in [0.2, 0.25) is 5.91 Å². The van der Waals surface area contributed by atoms with Gasteiger partial charge in [0.1, 0.15) is 5.75 Å². The number of hydrogen-bond donors (Lipinski definition) is 2. The van der Waals surface area contributed by atoms with Crippen LogP contribution in [0.1, 0.15) is 44.6 Å². The predicted molar refractivity (Wildman–Crippen MR) is 96.3 cm³/mol. The Balaban J connectivity index is 1.48. The maximum atomic E-state index is 12.2. The van der Waals surface area contributed by atoms with Crippen molar-refractivity contribution in [3.63, 3.8) is 0 Å². The standard InChI is InChI=1S/C20H28N2O3/c1-3-14-10-19(23)22-18-11-15(7-8-17(14)18)21-20(24)12-25-16-6-4-5-13(2)9-16/h4-6,9,14-15,17-18H,3,7-8,10-12H2,1-2H3,(H,21,24)(H,22,23). The summed E-state index contributed by atoms with van der Waals surface area (Å²) in [5.41, 5.74) is 1.11. The third-order valence-electron chi connectivity index (χ3n) is 5.55. The van der Waals surface area contributed by atoms with Crippen LogP contribution in [0, 0.1) is 18.8 Å². The van der Waals surface area contributed by atoms with Crippen molar-refractivity contribution < 1.29 is 14.3 Å². The smallest absolute Gasteiger partial charge is 0.258 e. The molecule has 1 saturated heterocycles. The molecule has 2 N–H and O–H groups in total. The van der Waals surface area contributed by atoms with Crippen LogP contribution in [0.5, 0.6) is 5.75 Å². The summed E-state index contributed by atoms with van der Waals surface area (Å²) >= 11 is 0. The minimum atomic E-state index is -0.0980. The Morgan fingerprint density at radius 1 is 1.36 bits per heavy atom. The quantitative estimate of drug-likeness (QED) is 0.863. The highest BCUT2D eigenvalue weighted by Gasteiger charge is 2.40. The first-order valence-corrected chi connectivity index (χ1v) is 9.33. The molecular formula is C20H28N2O3. The van der Waals surface area contributed by atoms with E-state index in [2.05, 4.69) is 17.6 Å². The van der Waals surface area contributed by atoms with E-state index in [9.17, 15) is 9.59 Å². The summed E-state index contributed by atoms with van der Waals surface area (Å²) in [4.78, 5) is 24.1. The molecule has 0 spiro atoms. The van der Waals surface area contributed by atoms with E-state index in [1.54, 1.807) is 0 Å². The second-order valence-electron chi connectivity index (χ2n) is 7.39. The number of amides is 2. The van der Waals surface area contributed by atoms with Gasteiger partial charge in [-0.15, -0.1) is 0 Å². The highest BCUT2D eigenvalue weighted by molar-refractivity contribution is 5.78. The van der Waals surface area contributed by atoms with E-state index in [-0.39, 0.29) is 30.5 Å². The molecule has 5 nitrogen and oxygen atoms in total. The lowest BCUT2D eigenvalue weighted by atomic mass is 9.70. The van der Waals surface area contributed by atoms with Crippen LogP contribution in [0.2, 0.25) is 0 Å². The van der Waals surface area contributed by atoms with Gasteiger partial charge in [0.15, 0.2) is 6.61 Å². The minimum Gasteiger partial charge on any atom is -0.484 e. The molecule has 1 aromatic rings. The number of carbonyl (C=O) groups is 2. The van der Waals surface area contributed by atoms with E-state index < -0.39 is 0 Å². The first-order chi connectivity index (χ1) is 12.0. The van der Waals surface area contributed by atoms with Gasteiger partial charge in [0, 0.05) is 18.5 Å². The average Bonchev–Trinajstić information content (AvgIpc) is 2.59. The van der Waals surface area contributed by atoms with Crippen LogP contribution in [0.15, 0.2) is 24.3 Å². The van der Waals surface area contributed by atoms with E-state index in [4.69, 9.17) is 4.74 Å². The zero-order valence-electron chi connectivity index (χ0n) is 15.1. The fraction of sp³-hybridized carbons (Fsp3) is 0.600. The van der Waals surface area contributed by atoms with Crippen LogP contribution >= 0.6 is 0 Å². The Kier molecular flexibility index (Phi) is 5.61. The van der Waals surface area contributed by atoms with E-state index in [0.29, 0.717) is 24.0 Å². The number of piperidine rings is 1. The fourth-order valence-corrected chi connectivity index (χ4v) is 4.28. The number of benzene rings is 1. The van der Waals surface area contributed by atoms with Gasteiger partial charge in [-0.25, -0.2) is 0 Å². The van der Waals surface area contributed by atoms with Gasteiger partial charge in [-0.05, 0) is 55.7 Å². The van der Waals surface area contributed by atoms with Crippen molar-refractivity contribution in [1.82, 2.24) is 10.6 Å². The summed E-state index contributed by atoms with van der Waals surface area (Å²) in [5, 5.41) is 6.20. The van der Waals surface area contributed by atoms with Crippen LogP contribution in [0.4, 0.5) is 0 Å². The van der Waals surface area contributed by atoms with Gasteiger partial charge >= 0.3 is 0 Å². The molecule has 0 radical (unpaired) electrons. The molecule has 1 aromatic carbocycles. The summed E-state index contributed by atoms with van der Waals surface area (Å²) in [6.07, 6.45) is 4.56. The second kappa shape index (κ2) is 7.89. The Morgan fingerprint density at radius 2 is 2.20 bits per heavy atom. The van der Waals surface area contributed by atoms with Crippen LogP contribution in [-0.4, -0.2) is 30.5 Å². The first kappa shape index (κ1) is 17.8. The molecule has 136 valence electrons. The molecule has 4 atom stereocenters. The highest BCUT2D eigenvalue weighted by Crippen LogP contribution is 2.36. The van der Waals surface area contributed by atoms with Crippen LogP contribution in [0.3, 0.4) is 0 Å². The number of carbonyl (C=O) groups excluding carboxylic acids is 2. The van der Waals surface area contributed by atoms with Gasteiger partial charge in [0.25, 0.3) is 5.91 Å². The summed E-state index contributed by atoms with van der Waals surface area (Å²) in [5.74, 6) is 1.81. The number of aryl methyl sites for hydroxylation is 1. The molecule has 2 amide bonds. The summed E-state index contributed by atoms with van der Waals surface area (Å²) < 4.78 is 5.57. The Morgan fingerprint density at radius 3 is 2.96 bits per heavy atom. The SMILES string of the molecule is CCC1CC(=O)NC2CC(NC(=O)COc3cccc(C)c3)CCC12. The lowest BCUT2D eigenvalue weighted by Gasteiger charge is -2.44. The third-order valence-corrected chi connectivity index (χ3v) is 5.55. The van der Waals surface area contributed by atoms with Crippen molar-refractivity contribution in [2.45, 2.75) is 58.0 Å². The molecule has 4 unspecified atom stereocenters. The van der Waals surface area contributed by atoms with Crippen molar-refractivity contribution in [3.05, 3.63) is 29.8 Å². The third kappa shape index (κ3) is 4.53. The summed E-state index contributed by atoms with van der Waals surface area (Å²) in [6, 6.07) is 8.00.